The number of benzene rings is 2. The predicted molar refractivity (Wildman–Crippen MR) is 86.2 cm³/mol. The van der Waals surface area contributed by atoms with Gasteiger partial charge in [-0.1, -0.05) is 60.7 Å². The molecule has 0 saturated carbocycles. The van der Waals surface area contributed by atoms with Crippen molar-refractivity contribution in [2.45, 2.75) is 12.6 Å². The van der Waals surface area contributed by atoms with Crippen molar-refractivity contribution in [3.05, 3.63) is 71.8 Å². The minimum absolute atomic E-state index is 0.0465. The van der Waals surface area contributed by atoms with Crippen LogP contribution in [0.1, 0.15) is 17.2 Å². The summed E-state index contributed by atoms with van der Waals surface area (Å²) in [5.41, 5.74) is 2.06. The maximum absolute atomic E-state index is 12.9. The molecular weight excluding hydrogens is 288 g/mol. The highest BCUT2D eigenvalue weighted by atomic mass is 16.2. The first kappa shape index (κ1) is 14.2. The highest BCUT2D eigenvalue weighted by molar-refractivity contribution is 6.06. The molecule has 2 amide bonds. The number of likely N-dealkylation sites (tertiary alicyclic amines) is 1. The number of nitrogens with one attached hydrogen (secondary N) is 1. The second-order valence-corrected chi connectivity index (χ2v) is 6.18. The first-order valence-corrected chi connectivity index (χ1v) is 7.93. The second-order valence-electron chi connectivity index (χ2n) is 6.18. The minimum Gasteiger partial charge on any atom is -0.308 e. The average Bonchev–Trinajstić information content (AvgIpc) is 3.13. The summed E-state index contributed by atoms with van der Waals surface area (Å²) in [6.45, 7) is 0.938. The Labute approximate surface area is 135 Å². The number of nitrogens with zero attached hydrogens (tertiary/aromatic N) is 1. The SMILES string of the molecule is O=C1C2CNC(c3ccccc3)C2C(=O)N1Cc1ccccc1. The lowest BCUT2D eigenvalue weighted by molar-refractivity contribution is -0.141. The van der Waals surface area contributed by atoms with Gasteiger partial charge in [-0.05, 0) is 11.1 Å². The van der Waals surface area contributed by atoms with Crippen LogP contribution in [0.15, 0.2) is 60.7 Å². The Hall–Kier alpha value is -2.46. The van der Waals surface area contributed by atoms with Crippen LogP contribution in [0.2, 0.25) is 0 Å². The maximum atomic E-state index is 12.9. The Balaban J connectivity index is 1.60. The Kier molecular flexibility index (Phi) is 3.46. The lowest BCUT2D eigenvalue weighted by atomic mass is 9.89. The molecule has 0 spiro atoms. The van der Waals surface area contributed by atoms with Gasteiger partial charge < -0.3 is 5.32 Å². The molecule has 2 aromatic rings. The van der Waals surface area contributed by atoms with Crippen molar-refractivity contribution in [3.8, 4) is 0 Å². The van der Waals surface area contributed by atoms with Crippen LogP contribution in [0, 0.1) is 11.8 Å². The number of rotatable bonds is 3. The number of carbonyl (C=O) groups is 2. The summed E-state index contributed by atoms with van der Waals surface area (Å²) in [6, 6.07) is 19.5. The van der Waals surface area contributed by atoms with Gasteiger partial charge in [-0.3, -0.25) is 14.5 Å². The quantitative estimate of drug-likeness (QED) is 0.884. The number of hydrogen-bond donors (Lipinski definition) is 1. The topological polar surface area (TPSA) is 49.4 Å². The van der Waals surface area contributed by atoms with E-state index in [-0.39, 0.29) is 29.7 Å². The first-order valence-electron chi connectivity index (χ1n) is 7.93. The van der Waals surface area contributed by atoms with Gasteiger partial charge in [-0.15, -0.1) is 0 Å². The van der Waals surface area contributed by atoms with E-state index in [1.54, 1.807) is 0 Å². The van der Waals surface area contributed by atoms with Gasteiger partial charge in [0.15, 0.2) is 0 Å². The standard InChI is InChI=1S/C19H18N2O2/c22-18-15-11-20-17(14-9-5-2-6-10-14)16(15)19(23)21(18)12-13-7-3-1-4-8-13/h1-10,15-17,20H,11-12H2. The maximum Gasteiger partial charge on any atom is 0.235 e. The molecule has 2 fully saturated rings. The van der Waals surface area contributed by atoms with E-state index in [1.807, 2.05) is 60.7 Å². The van der Waals surface area contributed by atoms with Crippen LogP contribution in [0.3, 0.4) is 0 Å². The lowest BCUT2D eigenvalue weighted by Crippen LogP contribution is -2.35. The van der Waals surface area contributed by atoms with Crippen molar-refractivity contribution < 1.29 is 9.59 Å². The van der Waals surface area contributed by atoms with Crippen molar-refractivity contribution in [2.75, 3.05) is 6.54 Å². The van der Waals surface area contributed by atoms with Crippen LogP contribution in [-0.2, 0) is 16.1 Å². The zero-order valence-electron chi connectivity index (χ0n) is 12.7. The molecule has 3 atom stereocenters. The smallest absolute Gasteiger partial charge is 0.235 e. The zero-order valence-corrected chi connectivity index (χ0v) is 12.7. The summed E-state index contributed by atoms with van der Waals surface area (Å²) in [5.74, 6) is -0.623. The van der Waals surface area contributed by atoms with E-state index in [0.29, 0.717) is 13.1 Å². The van der Waals surface area contributed by atoms with Gasteiger partial charge in [0.2, 0.25) is 11.8 Å². The number of amides is 2. The van der Waals surface area contributed by atoms with E-state index in [2.05, 4.69) is 5.32 Å². The molecule has 2 aromatic carbocycles. The van der Waals surface area contributed by atoms with E-state index in [0.717, 1.165) is 11.1 Å². The van der Waals surface area contributed by atoms with E-state index >= 15 is 0 Å². The molecule has 2 heterocycles. The molecule has 4 rings (SSSR count). The van der Waals surface area contributed by atoms with Gasteiger partial charge in [-0.25, -0.2) is 0 Å². The van der Waals surface area contributed by atoms with Crippen molar-refractivity contribution in [3.63, 3.8) is 0 Å². The predicted octanol–water partition coefficient (Wildman–Crippen LogP) is 2.13. The molecule has 0 bridgehead atoms. The van der Waals surface area contributed by atoms with Crippen LogP contribution in [0.5, 0.6) is 0 Å². The van der Waals surface area contributed by atoms with Crippen molar-refractivity contribution in [2.24, 2.45) is 11.8 Å². The summed E-state index contributed by atoms with van der Waals surface area (Å²) in [5, 5.41) is 3.35. The molecule has 0 aromatic heterocycles. The summed E-state index contributed by atoms with van der Waals surface area (Å²) >= 11 is 0. The number of imide groups is 1. The summed E-state index contributed by atoms with van der Waals surface area (Å²) in [7, 11) is 0. The van der Waals surface area contributed by atoms with E-state index in [9.17, 15) is 9.59 Å². The zero-order chi connectivity index (χ0) is 15.8. The van der Waals surface area contributed by atoms with E-state index < -0.39 is 0 Å². The van der Waals surface area contributed by atoms with Crippen LogP contribution < -0.4 is 5.32 Å². The van der Waals surface area contributed by atoms with Gasteiger partial charge >= 0.3 is 0 Å². The molecule has 2 aliphatic rings. The molecule has 2 saturated heterocycles. The molecule has 4 nitrogen and oxygen atoms in total. The van der Waals surface area contributed by atoms with Crippen molar-refractivity contribution >= 4 is 11.8 Å². The molecule has 0 radical (unpaired) electrons. The molecule has 3 unspecified atom stereocenters. The number of hydrogen-bond acceptors (Lipinski definition) is 3. The molecule has 1 N–H and O–H groups in total. The van der Waals surface area contributed by atoms with Gasteiger partial charge in [0, 0.05) is 12.6 Å². The Morgan fingerprint density at radius 3 is 2.26 bits per heavy atom. The molecular formula is C19H18N2O2. The van der Waals surface area contributed by atoms with E-state index in [4.69, 9.17) is 0 Å². The molecule has 4 heteroatoms. The van der Waals surface area contributed by atoms with Gasteiger partial charge in [0.1, 0.15) is 0 Å². The second kappa shape index (κ2) is 5.63. The summed E-state index contributed by atoms with van der Waals surface area (Å²) < 4.78 is 0. The third kappa shape index (κ3) is 2.35. The molecule has 116 valence electrons. The normalized spacial score (nSPS) is 26.6. The fraction of sp³-hybridized carbons (Fsp3) is 0.263. The average molecular weight is 306 g/mol. The summed E-state index contributed by atoms with van der Waals surface area (Å²) in [6.07, 6.45) is 0. The van der Waals surface area contributed by atoms with Crippen LogP contribution >= 0.6 is 0 Å². The van der Waals surface area contributed by atoms with Gasteiger partial charge in [-0.2, -0.15) is 0 Å². The Morgan fingerprint density at radius 1 is 0.913 bits per heavy atom. The summed E-state index contributed by atoms with van der Waals surface area (Å²) in [4.78, 5) is 26.9. The van der Waals surface area contributed by atoms with Gasteiger partial charge in [0.05, 0.1) is 18.4 Å². The molecule has 2 aliphatic heterocycles. The Bertz CT molecular complexity index is 730. The minimum atomic E-state index is -0.284. The lowest BCUT2D eigenvalue weighted by Gasteiger charge is -2.20. The third-order valence-electron chi connectivity index (χ3n) is 4.83. The molecule has 23 heavy (non-hydrogen) atoms. The van der Waals surface area contributed by atoms with Crippen LogP contribution in [0.25, 0.3) is 0 Å². The largest absolute Gasteiger partial charge is 0.308 e. The van der Waals surface area contributed by atoms with Crippen LogP contribution in [-0.4, -0.2) is 23.3 Å². The van der Waals surface area contributed by atoms with Crippen molar-refractivity contribution in [1.29, 1.82) is 0 Å². The van der Waals surface area contributed by atoms with Gasteiger partial charge in [0.25, 0.3) is 0 Å². The molecule has 0 aliphatic carbocycles. The fourth-order valence-electron chi connectivity index (χ4n) is 3.69. The highest BCUT2D eigenvalue weighted by Gasteiger charge is 2.54. The highest BCUT2D eigenvalue weighted by Crippen LogP contribution is 2.41. The monoisotopic (exact) mass is 306 g/mol. The Morgan fingerprint density at radius 2 is 1.57 bits per heavy atom. The fourth-order valence-corrected chi connectivity index (χ4v) is 3.69. The number of fused-ring (bicyclic) bond motifs is 1. The number of carbonyl (C=O) groups excluding carboxylic acids is 2. The van der Waals surface area contributed by atoms with Crippen LogP contribution in [0.4, 0.5) is 0 Å². The third-order valence-corrected chi connectivity index (χ3v) is 4.83. The van der Waals surface area contributed by atoms with E-state index in [1.165, 1.54) is 4.90 Å². The van der Waals surface area contributed by atoms with Crippen molar-refractivity contribution in [1.82, 2.24) is 10.2 Å². The first-order chi connectivity index (χ1) is 11.3.